The topological polar surface area (TPSA) is 68.2 Å². The van der Waals surface area contributed by atoms with E-state index in [0.29, 0.717) is 12.5 Å². The van der Waals surface area contributed by atoms with Gasteiger partial charge in [-0.15, -0.1) is 0 Å². The lowest BCUT2D eigenvalue weighted by Gasteiger charge is -2.23. The highest BCUT2D eigenvalue weighted by Gasteiger charge is 2.20. The van der Waals surface area contributed by atoms with Crippen molar-refractivity contribution < 1.29 is 9.53 Å². The van der Waals surface area contributed by atoms with Gasteiger partial charge in [0.1, 0.15) is 12.3 Å². The van der Waals surface area contributed by atoms with E-state index < -0.39 is 0 Å². The van der Waals surface area contributed by atoms with Crippen LogP contribution in [-0.2, 0) is 30.7 Å². The van der Waals surface area contributed by atoms with Gasteiger partial charge in [0.25, 0.3) is 0 Å². The van der Waals surface area contributed by atoms with E-state index >= 15 is 0 Å². The van der Waals surface area contributed by atoms with Gasteiger partial charge in [-0.1, -0.05) is 6.07 Å². The second-order valence-electron chi connectivity index (χ2n) is 7.52. The summed E-state index contributed by atoms with van der Waals surface area (Å²) in [7, 11) is 1.69. The second-order valence-corrected chi connectivity index (χ2v) is 7.52. The SMILES string of the molecule is COc1cc2c(cc1CNC(=O)Cn1nccc1[C@H]1CCCNC1)CCC2. The first-order chi connectivity index (χ1) is 13.2. The molecule has 1 saturated heterocycles. The molecule has 27 heavy (non-hydrogen) atoms. The summed E-state index contributed by atoms with van der Waals surface area (Å²) in [5, 5.41) is 10.8. The Kier molecular flexibility index (Phi) is 5.43. The number of methoxy groups -OCH3 is 1. The van der Waals surface area contributed by atoms with Gasteiger partial charge >= 0.3 is 0 Å². The van der Waals surface area contributed by atoms with Crippen molar-refractivity contribution in [2.45, 2.75) is 51.1 Å². The van der Waals surface area contributed by atoms with Crippen LogP contribution in [0.25, 0.3) is 0 Å². The highest BCUT2D eigenvalue weighted by molar-refractivity contribution is 5.75. The maximum absolute atomic E-state index is 12.5. The molecule has 1 aromatic carbocycles. The summed E-state index contributed by atoms with van der Waals surface area (Å²) in [6.07, 6.45) is 7.54. The monoisotopic (exact) mass is 368 g/mol. The highest BCUT2D eigenvalue weighted by atomic mass is 16.5. The molecule has 1 aromatic heterocycles. The first kappa shape index (κ1) is 18.0. The Labute approximate surface area is 160 Å². The minimum atomic E-state index is -0.0220. The van der Waals surface area contributed by atoms with Crippen molar-refractivity contribution in [3.63, 3.8) is 0 Å². The largest absolute Gasteiger partial charge is 0.496 e. The van der Waals surface area contributed by atoms with Crippen molar-refractivity contribution in [3.05, 3.63) is 46.8 Å². The zero-order chi connectivity index (χ0) is 18.6. The molecule has 1 fully saturated rings. The van der Waals surface area contributed by atoms with E-state index in [2.05, 4.69) is 27.9 Å². The predicted molar refractivity (Wildman–Crippen MR) is 104 cm³/mol. The van der Waals surface area contributed by atoms with Gasteiger partial charge in [-0.05, 0) is 61.9 Å². The van der Waals surface area contributed by atoms with Gasteiger partial charge in [0.05, 0.1) is 7.11 Å². The molecule has 6 heteroatoms. The summed E-state index contributed by atoms with van der Waals surface area (Å²) in [5.41, 5.74) is 4.96. The Hall–Kier alpha value is -2.34. The Morgan fingerprint density at radius 1 is 1.33 bits per heavy atom. The van der Waals surface area contributed by atoms with Crippen LogP contribution in [0.15, 0.2) is 24.4 Å². The van der Waals surface area contributed by atoms with Crippen molar-refractivity contribution in [2.24, 2.45) is 0 Å². The number of piperidine rings is 1. The minimum Gasteiger partial charge on any atom is -0.496 e. The van der Waals surface area contributed by atoms with Crippen molar-refractivity contribution in [3.8, 4) is 5.75 Å². The Morgan fingerprint density at radius 3 is 2.96 bits per heavy atom. The predicted octanol–water partition coefficient (Wildman–Crippen LogP) is 2.16. The summed E-state index contributed by atoms with van der Waals surface area (Å²) in [4.78, 5) is 12.5. The van der Waals surface area contributed by atoms with Crippen LogP contribution in [0, 0.1) is 0 Å². The van der Waals surface area contributed by atoms with Gasteiger partial charge in [0.2, 0.25) is 5.91 Å². The van der Waals surface area contributed by atoms with E-state index in [4.69, 9.17) is 4.74 Å². The molecule has 0 bridgehead atoms. The molecule has 144 valence electrons. The van der Waals surface area contributed by atoms with E-state index in [1.54, 1.807) is 13.3 Å². The smallest absolute Gasteiger partial charge is 0.242 e. The number of benzene rings is 1. The third-order valence-corrected chi connectivity index (χ3v) is 5.73. The van der Waals surface area contributed by atoms with Gasteiger partial charge in [-0.25, -0.2) is 0 Å². The number of hydrogen-bond donors (Lipinski definition) is 2. The van der Waals surface area contributed by atoms with Crippen LogP contribution in [0.3, 0.4) is 0 Å². The van der Waals surface area contributed by atoms with Gasteiger partial charge in [0.15, 0.2) is 0 Å². The van der Waals surface area contributed by atoms with Crippen molar-refractivity contribution in [1.29, 1.82) is 0 Å². The average Bonchev–Trinajstić information content (AvgIpc) is 3.35. The zero-order valence-electron chi connectivity index (χ0n) is 16.0. The molecule has 1 amide bonds. The fourth-order valence-electron chi connectivity index (χ4n) is 4.29. The summed E-state index contributed by atoms with van der Waals surface area (Å²) < 4.78 is 7.37. The maximum atomic E-state index is 12.5. The molecule has 0 saturated carbocycles. The summed E-state index contributed by atoms with van der Waals surface area (Å²) in [6, 6.07) is 6.36. The fraction of sp³-hybridized carbons (Fsp3) is 0.524. The molecule has 2 aromatic rings. The number of amides is 1. The lowest BCUT2D eigenvalue weighted by molar-refractivity contribution is -0.122. The molecule has 1 atom stereocenters. The molecule has 2 aliphatic rings. The lowest BCUT2D eigenvalue weighted by Crippen LogP contribution is -2.32. The standard InChI is InChI=1S/C21H28N4O2/c1-27-20-11-16-5-2-4-15(16)10-18(20)13-23-21(26)14-25-19(7-9-24-25)17-6-3-8-22-12-17/h7,9-11,17,22H,2-6,8,12-14H2,1H3,(H,23,26)/t17-/m0/s1. The van der Waals surface area contributed by atoms with Crippen LogP contribution in [-0.4, -0.2) is 35.9 Å². The lowest BCUT2D eigenvalue weighted by atomic mass is 9.96. The normalized spacial score (nSPS) is 18.9. The first-order valence-electron chi connectivity index (χ1n) is 9.92. The van der Waals surface area contributed by atoms with Crippen LogP contribution in [0.1, 0.15) is 47.6 Å². The van der Waals surface area contributed by atoms with Crippen LogP contribution < -0.4 is 15.4 Å². The molecule has 0 spiro atoms. The van der Waals surface area contributed by atoms with Gasteiger partial charge in [-0.2, -0.15) is 5.10 Å². The van der Waals surface area contributed by atoms with Crippen molar-refractivity contribution in [1.82, 2.24) is 20.4 Å². The van der Waals surface area contributed by atoms with Crippen LogP contribution >= 0.6 is 0 Å². The number of carbonyl (C=O) groups is 1. The maximum Gasteiger partial charge on any atom is 0.242 e. The Morgan fingerprint density at radius 2 is 2.19 bits per heavy atom. The molecule has 0 unspecified atom stereocenters. The number of aryl methyl sites for hydroxylation is 2. The Balaban J connectivity index is 1.39. The zero-order valence-corrected chi connectivity index (χ0v) is 16.0. The Bertz CT molecular complexity index is 809. The van der Waals surface area contributed by atoms with E-state index in [1.165, 1.54) is 24.0 Å². The number of ether oxygens (including phenoxy) is 1. The van der Waals surface area contributed by atoms with E-state index in [9.17, 15) is 4.79 Å². The number of aromatic nitrogens is 2. The fourth-order valence-corrected chi connectivity index (χ4v) is 4.29. The van der Waals surface area contributed by atoms with Gasteiger partial charge < -0.3 is 15.4 Å². The molecule has 1 aliphatic carbocycles. The first-order valence-corrected chi connectivity index (χ1v) is 9.92. The summed E-state index contributed by atoms with van der Waals surface area (Å²) in [6.45, 7) is 2.77. The van der Waals surface area contributed by atoms with Crippen LogP contribution in [0.4, 0.5) is 0 Å². The highest BCUT2D eigenvalue weighted by Crippen LogP contribution is 2.30. The molecular formula is C21H28N4O2. The average molecular weight is 368 g/mol. The summed E-state index contributed by atoms with van der Waals surface area (Å²) in [5.74, 6) is 1.28. The van der Waals surface area contributed by atoms with E-state index in [1.807, 2.05) is 10.7 Å². The molecule has 6 nitrogen and oxygen atoms in total. The van der Waals surface area contributed by atoms with Crippen LogP contribution in [0.2, 0.25) is 0 Å². The van der Waals surface area contributed by atoms with Crippen LogP contribution in [0.5, 0.6) is 5.75 Å². The number of fused-ring (bicyclic) bond motifs is 1. The van der Waals surface area contributed by atoms with E-state index in [-0.39, 0.29) is 12.5 Å². The quantitative estimate of drug-likeness (QED) is 0.820. The third kappa shape index (κ3) is 4.00. The van der Waals surface area contributed by atoms with Gasteiger partial charge in [-0.3, -0.25) is 9.48 Å². The van der Waals surface area contributed by atoms with E-state index in [0.717, 1.165) is 49.4 Å². The molecular weight excluding hydrogens is 340 g/mol. The number of hydrogen-bond acceptors (Lipinski definition) is 4. The second kappa shape index (κ2) is 8.13. The van der Waals surface area contributed by atoms with Crippen molar-refractivity contribution >= 4 is 5.91 Å². The number of rotatable bonds is 6. The molecule has 2 heterocycles. The molecule has 2 N–H and O–H groups in total. The number of nitrogens with one attached hydrogen (secondary N) is 2. The minimum absolute atomic E-state index is 0.0220. The summed E-state index contributed by atoms with van der Waals surface area (Å²) >= 11 is 0. The van der Waals surface area contributed by atoms with Crippen molar-refractivity contribution in [2.75, 3.05) is 20.2 Å². The number of nitrogens with zero attached hydrogens (tertiary/aromatic N) is 2. The molecule has 1 aliphatic heterocycles. The van der Waals surface area contributed by atoms with Gasteiger partial charge in [0, 0.05) is 36.5 Å². The number of carbonyl (C=O) groups excluding carboxylic acids is 1. The molecule has 0 radical (unpaired) electrons. The third-order valence-electron chi connectivity index (χ3n) is 5.73. The molecule has 4 rings (SSSR count).